The van der Waals surface area contributed by atoms with E-state index in [-0.39, 0.29) is 35.5 Å². The number of nitrogens with one attached hydrogen (secondary N) is 2. The maximum absolute atomic E-state index is 12.3. The molecule has 1 fully saturated rings. The van der Waals surface area contributed by atoms with E-state index in [9.17, 15) is 19.7 Å². The number of amides is 2. The van der Waals surface area contributed by atoms with Crippen molar-refractivity contribution in [1.29, 1.82) is 0 Å². The number of hydrogen-bond acceptors (Lipinski definition) is 6. The van der Waals surface area contributed by atoms with E-state index in [1.54, 1.807) is 6.07 Å². The Morgan fingerprint density at radius 3 is 2.79 bits per heavy atom. The molecule has 1 aliphatic heterocycles. The van der Waals surface area contributed by atoms with Gasteiger partial charge in [0.25, 0.3) is 5.69 Å². The van der Waals surface area contributed by atoms with Gasteiger partial charge in [-0.2, -0.15) is 0 Å². The molecule has 1 heterocycles. The number of ether oxygens (including phenoxy) is 1. The number of hydrogen-bond donors (Lipinski definition) is 2. The minimum Gasteiger partial charge on any atom is -0.496 e. The summed E-state index contributed by atoms with van der Waals surface area (Å²) in [5.41, 5.74) is -0.0367. The molecule has 0 radical (unpaired) electrons. The average molecular weight is 406 g/mol. The maximum Gasteiger partial charge on any atom is 0.296 e. The lowest BCUT2D eigenvalue weighted by Gasteiger charge is -2.32. The zero-order valence-corrected chi connectivity index (χ0v) is 17.3. The highest BCUT2D eigenvalue weighted by Gasteiger charge is 2.22. The molecule has 0 saturated carbocycles. The molecule has 9 nitrogen and oxygen atoms in total. The third-order valence-corrected chi connectivity index (χ3v) is 5.02. The number of nitrogens with zero attached hydrogens (tertiary/aromatic N) is 2. The molecule has 2 amide bonds. The standard InChI is InChI=1S/C20H30N4O5/c1-14(2)20(26)21-12-15-5-4-9-23(13-15)10-8-19(25)22-17-7-6-16(29-3)11-18(17)24(27)28/h6-7,11,14-15H,4-5,8-10,12-13H2,1-3H3,(H,21,26)(H,22,25). The van der Waals surface area contributed by atoms with Crippen molar-refractivity contribution < 1.29 is 19.2 Å². The minimum absolute atomic E-state index is 0.0274. The summed E-state index contributed by atoms with van der Waals surface area (Å²) in [6.07, 6.45) is 2.32. The Kier molecular flexibility index (Phi) is 8.38. The summed E-state index contributed by atoms with van der Waals surface area (Å²) in [5, 5.41) is 16.8. The summed E-state index contributed by atoms with van der Waals surface area (Å²) in [5.74, 6) is 0.493. The van der Waals surface area contributed by atoms with Crippen LogP contribution >= 0.6 is 0 Å². The van der Waals surface area contributed by atoms with Crippen molar-refractivity contribution in [2.75, 3.05) is 38.6 Å². The highest BCUT2D eigenvalue weighted by atomic mass is 16.6. The van der Waals surface area contributed by atoms with E-state index in [1.165, 1.54) is 19.2 Å². The molecule has 2 rings (SSSR count). The van der Waals surface area contributed by atoms with Crippen molar-refractivity contribution in [3.05, 3.63) is 28.3 Å². The van der Waals surface area contributed by atoms with Crippen molar-refractivity contribution in [1.82, 2.24) is 10.2 Å². The summed E-state index contributed by atoms with van der Waals surface area (Å²) in [6, 6.07) is 4.34. The van der Waals surface area contributed by atoms with E-state index >= 15 is 0 Å². The van der Waals surface area contributed by atoms with E-state index in [1.807, 2.05) is 13.8 Å². The number of piperidine rings is 1. The first kappa shape index (κ1) is 22.6. The van der Waals surface area contributed by atoms with Crippen molar-refractivity contribution in [2.45, 2.75) is 33.1 Å². The summed E-state index contributed by atoms with van der Waals surface area (Å²) in [7, 11) is 1.43. The van der Waals surface area contributed by atoms with Gasteiger partial charge in [-0.15, -0.1) is 0 Å². The molecule has 2 N–H and O–H groups in total. The normalized spacial score (nSPS) is 17.0. The van der Waals surface area contributed by atoms with Gasteiger partial charge in [0.05, 0.1) is 18.1 Å². The molecule has 29 heavy (non-hydrogen) atoms. The second-order valence-corrected chi connectivity index (χ2v) is 7.65. The predicted molar refractivity (Wildman–Crippen MR) is 110 cm³/mol. The van der Waals surface area contributed by atoms with Crippen molar-refractivity contribution in [2.24, 2.45) is 11.8 Å². The Morgan fingerprint density at radius 2 is 2.14 bits per heavy atom. The molecule has 1 aromatic rings. The highest BCUT2D eigenvalue weighted by Crippen LogP contribution is 2.29. The number of nitro benzene ring substituents is 1. The first-order chi connectivity index (χ1) is 13.8. The fourth-order valence-corrected chi connectivity index (χ4v) is 3.34. The number of benzene rings is 1. The van der Waals surface area contributed by atoms with Gasteiger partial charge in [0.1, 0.15) is 11.4 Å². The first-order valence-corrected chi connectivity index (χ1v) is 9.92. The van der Waals surface area contributed by atoms with Gasteiger partial charge in [0.2, 0.25) is 11.8 Å². The zero-order valence-electron chi connectivity index (χ0n) is 17.3. The number of carbonyl (C=O) groups is 2. The van der Waals surface area contributed by atoms with E-state index in [0.29, 0.717) is 24.8 Å². The average Bonchev–Trinajstić information content (AvgIpc) is 2.70. The summed E-state index contributed by atoms with van der Waals surface area (Å²) in [6.45, 7) is 6.70. The molecule has 0 aromatic heterocycles. The number of nitro groups is 1. The summed E-state index contributed by atoms with van der Waals surface area (Å²) >= 11 is 0. The highest BCUT2D eigenvalue weighted by molar-refractivity contribution is 5.93. The Balaban J connectivity index is 1.83. The number of methoxy groups -OCH3 is 1. The number of anilines is 1. The van der Waals surface area contributed by atoms with Gasteiger partial charge in [-0.3, -0.25) is 19.7 Å². The lowest BCUT2D eigenvalue weighted by molar-refractivity contribution is -0.384. The second kappa shape index (κ2) is 10.8. The topological polar surface area (TPSA) is 114 Å². The second-order valence-electron chi connectivity index (χ2n) is 7.65. The van der Waals surface area contributed by atoms with Crippen molar-refractivity contribution >= 4 is 23.2 Å². The number of rotatable bonds is 9. The lowest BCUT2D eigenvalue weighted by atomic mass is 9.97. The van der Waals surface area contributed by atoms with Gasteiger partial charge in [0.15, 0.2) is 0 Å². The van der Waals surface area contributed by atoms with Crippen LogP contribution in [0.3, 0.4) is 0 Å². The lowest BCUT2D eigenvalue weighted by Crippen LogP contribution is -2.42. The minimum atomic E-state index is -0.543. The van der Waals surface area contributed by atoms with Gasteiger partial charge < -0.3 is 20.3 Å². The van der Waals surface area contributed by atoms with Crippen LogP contribution in [0, 0.1) is 22.0 Å². The molecule has 1 atom stereocenters. The molecular formula is C20H30N4O5. The number of carbonyl (C=O) groups excluding carboxylic acids is 2. The molecule has 0 bridgehead atoms. The van der Waals surface area contributed by atoms with E-state index < -0.39 is 4.92 Å². The van der Waals surface area contributed by atoms with Gasteiger partial charge in [-0.05, 0) is 37.4 Å². The smallest absolute Gasteiger partial charge is 0.296 e. The molecule has 160 valence electrons. The Morgan fingerprint density at radius 1 is 1.38 bits per heavy atom. The third-order valence-electron chi connectivity index (χ3n) is 5.02. The van der Waals surface area contributed by atoms with Gasteiger partial charge in [-0.1, -0.05) is 13.8 Å². The number of likely N-dealkylation sites (tertiary alicyclic amines) is 1. The molecular weight excluding hydrogens is 376 g/mol. The maximum atomic E-state index is 12.3. The zero-order chi connectivity index (χ0) is 21.4. The molecule has 1 aromatic carbocycles. The summed E-state index contributed by atoms with van der Waals surface area (Å²) < 4.78 is 5.00. The van der Waals surface area contributed by atoms with Crippen LogP contribution in [-0.2, 0) is 9.59 Å². The van der Waals surface area contributed by atoms with Gasteiger partial charge >= 0.3 is 0 Å². The Labute approximate surface area is 170 Å². The van der Waals surface area contributed by atoms with E-state index in [4.69, 9.17) is 4.74 Å². The Bertz CT molecular complexity index is 738. The van der Waals surface area contributed by atoms with Crippen LogP contribution < -0.4 is 15.4 Å². The van der Waals surface area contributed by atoms with Crippen LogP contribution in [-0.4, -0.2) is 54.9 Å². The van der Waals surface area contributed by atoms with Crippen LogP contribution in [0.15, 0.2) is 18.2 Å². The molecule has 0 aliphatic carbocycles. The largest absolute Gasteiger partial charge is 0.496 e. The van der Waals surface area contributed by atoms with Crippen LogP contribution in [0.4, 0.5) is 11.4 Å². The van der Waals surface area contributed by atoms with Crippen LogP contribution in [0.2, 0.25) is 0 Å². The van der Waals surface area contributed by atoms with Gasteiger partial charge in [-0.25, -0.2) is 0 Å². The predicted octanol–water partition coefficient (Wildman–Crippen LogP) is 2.42. The first-order valence-electron chi connectivity index (χ1n) is 9.92. The molecule has 1 unspecified atom stereocenters. The SMILES string of the molecule is COc1ccc(NC(=O)CCN2CCCC(CNC(=O)C(C)C)C2)c([N+](=O)[O-])c1. The van der Waals surface area contributed by atoms with E-state index in [0.717, 1.165) is 25.9 Å². The fourth-order valence-electron chi connectivity index (χ4n) is 3.34. The van der Waals surface area contributed by atoms with Gasteiger partial charge in [0, 0.05) is 32.0 Å². The fraction of sp³-hybridized carbons (Fsp3) is 0.600. The molecule has 9 heteroatoms. The summed E-state index contributed by atoms with van der Waals surface area (Å²) in [4.78, 5) is 36.9. The Hall–Kier alpha value is -2.68. The van der Waals surface area contributed by atoms with Crippen molar-refractivity contribution in [3.8, 4) is 5.75 Å². The van der Waals surface area contributed by atoms with Crippen LogP contribution in [0.1, 0.15) is 33.1 Å². The monoisotopic (exact) mass is 406 g/mol. The molecule has 1 aliphatic rings. The van der Waals surface area contributed by atoms with Crippen molar-refractivity contribution in [3.63, 3.8) is 0 Å². The van der Waals surface area contributed by atoms with E-state index in [2.05, 4.69) is 15.5 Å². The molecule has 0 spiro atoms. The van der Waals surface area contributed by atoms with Crippen LogP contribution in [0.25, 0.3) is 0 Å². The molecule has 1 saturated heterocycles. The quantitative estimate of drug-likeness (QED) is 0.481. The third kappa shape index (κ3) is 7.01. The van der Waals surface area contributed by atoms with Crippen LogP contribution in [0.5, 0.6) is 5.75 Å².